The van der Waals surface area contributed by atoms with Crippen LogP contribution >= 0.6 is 11.6 Å². The first kappa shape index (κ1) is 24.6. The van der Waals surface area contributed by atoms with Gasteiger partial charge in [0.1, 0.15) is 17.3 Å². The van der Waals surface area contributed by atoms with E-state index >= 15 is 0 Å². The highest BCUT2D eigenvalue weighted by Gasteiger charge is 2.39. The number of nitrogens with one attached hydrogen (secondary N) is 1. The fraction of sp³-hybridized carbons (Fsp3) is 0.440. The molecule has 0 aromatic heterocycles. The zero-order valence-electron chi connectivity index (χ0n) is 19.1. The topological polar surface area (TPSA) is 71.1 Å². The van der Waals surface area contributed by atoms with Crippen molar-refractivity contribution in [2.45, 2.75) is 18.5 Å². The SMILES string of the molecule is CN(C(=O)Oc1ccc(F)cc1)[C@@H]1CNC[C@@H]1C(=O)CC(c1ccc(Cl)cc1)N1CCOCC1. The summed E-state index contributed by atoms with van der Waals surface area (Å²) in [6, 6.07) is 12.4. The summed E-state index contributed by atoms with van der Waals surface area (Å²) in [5, 5.41) is 3.89. The van der Waals surface area contributed by atoms with Gasteiger partial charge >= 0.3 is 6.09 Å². The Kier molecular flexibility index (Phi) is 8.15. The van der Waals surface area contributed by atoms with E-state index in [9.17, 15) is 14.0 Å². The number of ketones is 1. The predicted molar refractivity (Wildman–Crippen MR) is 127 cm³/mol. The van der Waals surface area contributed by atoms with Crippen LogP contribution in [0, 0.1) is 11.7 Å². The number of Topliss-reactive ketones (excluding diaryl/α,β-unsaturated/α-hetero) is 1. The summed E-state index contributed by atoms with van der Waals surface area (Å²) >= 11 is 6.08. The Balaban J connectivity index is 1.45. The number of morpholine rings is 1. The number of benzene rings is 2. The number of hydrogen-bond donors (Lipinski definition) is 1. The Morgan fingerprint density at radius 3 is 2.50 bits per heavy atom. The molecule has 0 radical (unpaired) electrons. The Morgan fingerprint density at radius 1 is 1.15 bits per heavy atom. The zero-order chi connectivity index (χ0) is 24.1. The molecular formula is C25H29ClFN3O4. The number of carbonyl (C=O) groups excluding carboxylic acids is 2. The quantitative estimate of drug-likeness (QED) is 0.641. The van der Waals surface area contributed by atoms with E-state index in [2.05, 4.69) is 10.2 Å². The van der Waals surface area contributed by atoms with Crippen molar-refractivity contribution in [2.75, 3.05) is 46.4 Å². The number of hydrogen-bond acceptors (Lipinski definition) is 6. The molecule has 0 spiro atoms. The summed E-state index contributed by atoms with van der Waals surface area (Å²) in [4.78, 5) is 30.0. The van der Waals surface area contributed by atoms with Gasteiger partial charge in [-0.25, -0.2) is 9.18 Å². The molecule has 0 bridgehead atoms. The third-order valence-corrected chi connectivity index (χ3v) is 6.79. The molecule has 1 N–H and O–H groups in total. The van der Waals surface area contributed by atoms with E-state index in [1.54, 1.807) is 7.05 Å². The van der Waals surface area contributed by atoms with E-state index in [1.807, 2.05) is 24.3 Å². The molecule has 182 valence electrons. The molecular weight excluding hydrogens is 461 g/mol. The number of amides is 1. The van der Waals surface area contributed by atoms with Gasteiger partial charge in [-0.1, -0.05) is 23.7 Å². The molecule has 9 heteroatoms. The minimum absolute atomic E-state index is 0.0860. The molecule has 4 rings (SSSR count). The van der Waals surface area contributed by atoms with Crippen molar-refractivity contribution >= 4 is 23.5 Å². The van der Waals surface area contributed by atoms with Crippen LogP contribution in [0.5, 0.6) is 5.75 Å². The zero-order valence-corrected chi connectivity index (χ0v) is 19.8. The molecule has 2 aromatic carbocycles. The van der Waals surface area contributed by atoms with Crippen molar-refractivity contribution in [1.29, 1.82) is 0 Å². The van der Waals surface area contributed by atoms with Gasteiger partial charge in [-0.3, -0.25) is 9.69 Å². The number of likely N-dealkylation sites (N-methyl/N-ethyl adjacent to an activating group) is 1. The van der Waals surface area contributed by atoms with Gasteiger partial charge in [-0.15, -0.1) is 0 Å². The molecule has 1 amide bonds. The molecule has 2 aromatic rings. The summed E-state index contributed by atoms with van der Waals surface area (Å²) in [7, 11) is 1.63. The summed E-state index contributed by atoms with van der Waals surface area (Å²) in [5.41, 5.74) is 1.03. The maximum absolute atomic E-state index is 13.5. The van der Waals surface area contributed by atoms with Gasteiger partial charge in [-0.05, 0) is 42.0 Å². The molecule has 2 heterocycles. The van der Waals surface area contributed by atoms with E-state index in [0.29, 0.717) is 37.7 Å². The lowest BCUT2D eigenvalue weighted by atomic mass is 9.90. The third-order valence-electron chi connectivity index (χ3n) is 6.54. The van der Waals surface area contributed by atoms with Crippen molar-refractivity contribution in [3.05, 3.63) is 64.9 Å². The number of ether oxygens (including phenoxy) is 2. The number of halogens is 2. The van der Waals surface area contributed by atoms with Crippen LogP contribution in [0.4, 0.5) is 9.18 Å². The molecule has 2 aliphatic rings. The monoisotopic (exact) mass is 489 g/mol. The smallest absolute Gasteiger partial charge is 0.410 e. The molecule has 2 fully saturated rings. The molecule has 0 aliphatic carbocycles. The number of rotatable bonds is 7. The van der Waals surface area contributed by atoms with Gasteiger partial charge in [0.05, 0.1) is 25.2 Å². The van der Waals surface area contributed by atoms with Gasteiger partial charge in [0, 0.05) is 50.7 Å². The average Bonchev–Trinajstić information content (AvgIpc) is 3.35. The highest BCUT2D eigenvalue weighted by atomic mass is 35.5. The number of carbonyl (C=O) groups is 2. The Morgan fingerprint density at radius 2 is 1.82 bits per heavy atom. The second kappa shape index (κ2) is 11.3. The first-order chi connectivity index (χ1) is 16.4. The second-order valence-electron chi connectivity index (χ2n) is 8.65. The lowest BCUT2D eigenvalue weighted by molar-refractivity contribution is -0.125. The van der Waals surface area contributed by atoms with Gasteiger partial charge < -0.3 is 19.7 Å². The van der Waals surface area contributed by atoms with Crippen LogP contribution in [-0.2, 0) is 9.53 Å². The van der Waals surface area contributed by atoms with E-state index in [0.717, 1.165) is 18.7 Å². The molecule has 2 aliphatic heterocycles. The van der Waals surface area contributed by atoms with Crippen LogP contribution < -0.4 is 10.1 Å². The minimum atomic E-state index is -0.583. The van der Waals surface area contributed by atoms with Gasteiger partial charge in [-0.2, -0.15) is 0 Å². The first-order valence-corrected chi connectivity index (χ1v) is 11.8. The lowest BCUT2D eigenvalue weighted by Crippen LogP contribution is -2.46. The average molecular weight is 490 g/mol. The van der Waals surface area contributed by atoms with Crippen LogP contribution in [0.15, 0.2) is 48.5 Å². The van der Waals surface area contributed by atoms with E-state index < -0.39 is 11.9 Å². The lowest BCUT2D eigenvalue weighted by Gasteiger charge is -2.35. The highest BCUT2D eigenvalue weighted by Crippen LogP contribution is 2.30. The van der Waals surface area contributed by atoms with Crippen molar-refractivity contribution in [2.24, 2.45) is 5.92 Å². The van der Waals surface area contributed by atoms with Crippen LogP contribution in [0.1, 0.15) is 18.0 Å². The van der Waals surface area contributed by atoms with E-state index in [1.165, 1.54) is 29.2 Å². The van der Waals surface area contributed by atoms with Gasteiger partial charge in [0.15, 0.2) is 0 Å². The second-order valence-corrected chi connectivity index (χ2v) is 9.09. The van der Waals surface area contributed by atoms with Crippen molar-refractivity contribution < 1.29 is 23.5 Å². The normalized spacial score (nSPS) is 21.7. The van der Waals surface area contributed by atoms with Gasteiger partial charge in [0.2, 0.25) is 0 Å². The third kappa shape index (κ3) is 5.93. The summed E-state index contributed by atoms with van der Waals surface area (Å²) in [6.45, 7) is 3.74. The largest absolute Gasteiger partial charge is 0.415 e. The van der Waals surface area contributed by atoms with Crippen molar-refractivity contribution in [3.8, 4) is 5.75 Å². The fourth-order valence-corrected chi connectivity index (χ4v) is 4.71. The predicted octanol–water partition coefficient (Wildman–Crippen LogP) is 3.53. The maximum Gasteiger partial charge on any atom is 0.415 e. The standard InChI is InChI=1S/C25H29ClFN3O4/c1-29(25(32)34-20-8-6-19(27)7-9-20)23-16-28-15-21(23)24(31)14-22(30-10-12-33-13-11-30)17-2-4-18(26)5-3-17/h2-9,21-23,28H,10-16H2,1H3/t21-,22?,23+/m0/s1. The van der Waals surface area contributed by atoms with Gasteiger partial charge in [0.25, 0.3) is 0 Å². The first-order valence-electron chi connectivity index (χ1n) is 11.4. The number of nitrogens with zero attached hydrogens (tertiary/aromatic N) is 2. The van der Waals surface area contributed by atoms with Crippen LogP contribution in [0.2, 0.25) is 5.02 Å². The van der Waals surface area contributed by atoms with E-state index in [-0.39, 0.29) is 29.5 Å². The van der Waals surface area contributed by atoms with Crippen molar-refractivity contribution in [3.63, 3.8) is 0 Å². The van der Waals surface area contributed by atoms with Crippen LogP contribution in [0.3, 0.4) is 0 Å². The van der Waals surface area contributed by atoms with Crippen molar-refractivity contribution in [1.82, 2.24) is 15.1 Å². The molecule has 7 nitrogen and oxygen atoms in total. The minimum Gasteiger partial charge on any atom is -0.410 e. The summed E-state index contributed by atoms with van der Waals surface area (Å²) < 4.78 is 24.0. The van der Waals surface area contributed by atoms with E-state index in [4.69, 9.17) is 21.1 Å². The summed E-state index contributed by atoms with van der Waals surface area (Å²) in [6.07, 6.45) is -0.258. The Labute approximate surface area is 203 Å². The Hall–Kier alpha value is -2.52. The molecule has 1 unspecified atom stereocenters. The highest BCUT2D eigenvalue weighted by molar-refractivity contribution is 6.30. The maximum atomic E-state index is 13.5. The molecule has 2 saturated heterocycles. The van der Waals surface area contributed by atoms with Crippen LogP contribution in [0.25, 0.3) is 0 Å². The molecule has 0 saturated carbocycles. The Bertz CT molecular complexity index is 983. The summed E-state index contributed by atoms with van der Waals surface area (Å²) in [5.74, 6) is -0.430. The van der Waals surface area contributed by atoms with Crippen LogP contribution in [-0.4, -0.2) is 74.2 Å². The fourth-order valence-electron chi connectivity index (χ4n) is 4.58. The molecule has 34 heavy (non-hydrogen) atoms. The molecule has 3 atom stereocenters.